The number of amides is 2. The fourth-order valence-electron chi connectivity index (χ4n) is 3.32. The Morgan fingerprint density at radius 1 is 1.13 bits per heavy atom. The van der Waals surface area contributed by atoms with Crippen molar-refractivity contribution in [1.29, 1.82) is 5.26 Å². The van der Waals surface area contributed by atoms with Gasteiger partial charge >= 0.3 is 0 Å². The summed E-state index contributed by atoms with van der Waals surface area (Å²) in [4.78, 5) is 31.7. The molecule has 0 saturated heterocycles. The molecule has 1 aliphatic heterocycles. The van der Waals surface area contributed by atoms with Gasteiger partial charge in [-0.15, -0.1) is 0 Å². The summed E-state index contributed by atoms with van der Waals surface area (Å²) in [6.45, 7) is 0.334. The monoisotopic (exact) mass is 458 g/mol. The van der Waals surface area contributed by atoms with Crippen LogP contribution in [0.15, 0.2) is 83.1 Å². The molecule has 7 heteroatoms. The van der Waals surface area contributed by atoms with Gasteiger partial charge in [0.15, 0.2) is 0 Å². The molecule has 4 rings (SSSR count). The van der Waals surface area contributed by atoms with Crippen molar-refractivity contribution in [3.05, 3.63) is 94.2 Å². The largest absolute Gasteiger partial charge is 0.320 e. The Labute approximate surface area is 181 Å². The predicted octanol–water partition coefficient (Wildman–Crippen LogP) is 4.31. The van der Waals surface area contributed by atoms with Gasteiger partial charge in [0.2, 0.25) is 0 Å². The lowest BCUT2D eigenvalue weighted by atomic mass is 10.0. The minimum atomic E-state index is -0.652. The number of fused-ring (bicyclic) bond motifs is 1. The average Bonchev–Trinajstić information content (AvgIpc) is 3.01. The second kappa shape index (κ2) is 8.31. The normalized spacial score (nSPS) is 14.1. The number of aromatic nitrogens is 1. The highest BCUT2D eigenvalue weighted by Crippen LogP contribution is 2.41. The Kier molecular flexibility index (Phi) is 5.42. The summed E-state index contributed by atoms with van der Waals surface area (Å²) in [6, 6.07) is 20.2. The third kappa shape index (κ3) is 3.73. The highest BCUT2D eigenvalue weighted by atomic mass is 79.9. The summed E-state index contributed by atoms with van der Waals surface area (Å²) in [5, 5.41) is 12.4. The highest BCUT2D eigenvalue weighted by Gasteiger charge is 2.36. The lowest BCUT2D eigenvalue weighted by molar-refractivity contribution is -0.114. The van der Waals surface area contributed by atoms with Gasteiger partial charge in [-0.2, -0.15) is 5.26 Å². The minimum Gasteiger partial charge on any atom is -0.320 e. The number of pyridine rings is 1. The fraction of sp³-hybridized carbons (Fsp3) is 0.0435. The first kappa shape index (κ1) is 19.6. The Morgan fingerprint density at radius 3 is 2.63 bits per heavy atom. The molecule has 1 aliphatic rings. The van der Waals surface area contributed by atoms with Gasteiger partial charge in [-0.05, 0) is 35.9 Å². The van der Waals surface area contributed by atoms with Crippen LogP contribution < -0.4 is 10.2 Å². The van der Waals surface area contributed by atoms with Gasteiger partial charge in [-0.1, -0.05) is 46.3 Å². The predicted molar refractivity (Wildman–Crippen MR) is 117 cm³/mol. The van der Waals surface area contributed by atoms with Crippen LogP contribution in [-0.2, 0) is 16.1 Å². The third-order valence-corrected chi connectivity index (χ3v) is 5.16. The molecular weight excluding hydrogens is 444 g/mol. The van der Waals surface area contributed by atoms with E-state index in [0.717, 1.165) is 10.0 Å². The van der Waals surface area contributed by atoms with Crippen LogP contribution in [-0.4, -0.2) is 16.8 Å². The molecule has 0 fully saturated rings. The standard InChI is InChI=1S/C23H15BrN4O2/c24-16-8-9-20-18(11-16)21(23(30)28(20)14-15-5-2-1-3-6-15)19(12-25)22(29)27-17-7-4-10-26-13-17/h1-11,13H,14H2,(H,27,29)/b21-19-. The second-order valence-electron chi connectivity index (χ2n) is 6.60. The SMILES string of the molecule is N#C/C(C(=O)Nc1cccnc1)=C1/C(=O)N(Cc2ccccc2)c2ccc(Br)cc21. The summed E-state index contributed by atoms with van der Waals surface area (Å²) < 4.78 is 0.748. The van der Waals surface area contributed by atoms with Gasteiger partial charge in [0.25, 0.3) is 11.8 Å². The molecule has 0 saturated carbocycles. The van der Waals surface area contributed by atoms with Crippen molar-refractivity contribution in [3.63, 3.8) is 0 Å². The van der Waals surface area contributed by atoms with Crippen molar-refractivity contribution in [2.75, 3.05) is 10.2 Å². The number of benzene rings is 2. The van der Waals surface area contributed by atoms with Gasteiger partial charge in [0.05, 0.1) is 29.7 Å². The number of nitrogens with zero attached hydrogens (tertiary/aromatic N) is 3. The molecule has 6 nitrogen and oxygen atoms in total. The topological polar surface area (TPSA) is 86.1 Å². The lowest BCUT2D eigenvalue weighted by Gasteiger charge is -2.17. The molecule has 146 valence electrons. The van der Waals surface area contributed by atoms with Crippen molar-refractivity contribution in [1.82, 2.24) is 4.98 Å². The van der Waals surface area contributed by atoms with Crippen LogP contribution >= 0.6 is 15.9 Å². The van der Waals surface area contributed by atoms with Crippen molar-refractivity contribution >= 4 is 44.7 Å². The second-order valence-corrected chi connectivity index (χ2v) is 7.51. The molecular formula is C23H15BrN4O2. The number of nitrogens with one attached hydrogen (secondary N) is 1. The Bertz CT molecular complexity index is 1200. The molecule has 0 spiro atoms. The van der Waals surface area contributed by atoms with Gasteiger partial charge in [-0.3, -0.25) is 14.6 Å². The first-order chi connectivity index (χ1) is 14.6. The third-order valence-electron chi connectivity index (χ3n) is 4.67. The molecule has 1 aromatic heterocycles. The minimum absolute atomic E-state index is 0.0890. The van der Waals surface area contributed by atoms with E-state index < -0.39 is 5.91 Å². The first-order valence-electron chi connectivity index (χ1n) is 9.10. The molecule has 0 bridgehead atoms. The number of carbonyl (C=O) groups excluding carboxylic acids is 2. The number of anilines is 2. The number of carbonyl (C=O) groups is 2. The summed E-state index contributed by atoms with van der Waals surface area (Å²) in [5.74, 6) is -1.04. The first-order valence-corrected chi connectivity index (χ1v) is 9.89. The Hall–Kier alpha value is -3.76. The molecule has 1 N–H and O–H groups in total. The van der Waals surface area contributed by atoms with E-state index in [1.165, 1.54) is 6.20 Å². The van der Waals surface area contributed by atoms with Crippen LogP contribution in [0, 0.1) is 11.3 Å². The number of rotatable bonds is 4. The molecule has 2 heterocycles. The molecule has 0 atom stereocenters. The van der Waals surface area contributed by atoms with E-state index in [9.17, 15) is 14.9 Å². The summed E-state index contributed by atoms with van der Waals surface area (Å²) in [5.41, 5.74) is 2.44. The fourth-order valence-corrected chi connectivity index (χ4v) is 3.68. The van der Waals surface area contributed by atoms with Crippen LogP contribution in [0.5, 0.6) is 0 Å². The van der Waals surface area contributed by atoms with E-state index in [4.69, 9.17) is 0 Å². The number of nitriles is 1. The summed E-state index contributed by atoms with van der Waals surface area (Å²) in [7, 11) is 0. The molecule has 30 heavy (non-hydrogen) atoms. The number of hydrogen-bond donors (Lipinski definition) is 1. The van der Waals surface area contributed by atoms with Crippen molar-refractivity contribution in [2.45, 2.75) is 6.54 Å². The van der Waals surface area contributed by atoms with Crippen LogP contribution in [0.1, 0.15) is 11.1 Å². The van der Waals surface area contributed by atoms with E-state index in [1.807, 2.05) is 42.5 Å². The van der Waals surface area contributed by atoms with E-state index in [1.54, 1.807) is 35.4 Å². The van der Waals surface area contributed by atoms with E-state index in [-0.39, 0.29) is 17.1 Å². The maximum absolute atomic E-state index is 13.3. The zero-order valence-electron chi connectivity index (χ0n) is 15.7. The van der Waals surface area contributed by atoms with E-state index >= 15 is 0 Å². The molecule has 3 aromatic rings. The Morgan fingerprint density at radius 2 is 1.93 bits per heavy atom. The maximum atomic E-state index is 13.3. The van der Waals surface area contributed by atoms with Crippen LogP contribution in [0.3, 0.4) is 0 Å². The van der Waals surface area contributed by atoms with Crippen LogP contribution in [0.2, 0.25) is 0 Å². The zero-order valence-corrected chi connectivity index (χ0v) is 17.3. The molecule has 0 unspecified atom stereocenters. The lowest BCUT2D eigenvalue weighted by Crippen LogP contribution is -2.27. The molecule has 0 radical (unpaired) electrons. The van der Waals surface area contributed by atoms with Gasteiger partial charge < -0.3 is 10.2 Å². The van der Waals surface area contributed by atoms with Gasteiger partial charge in [-0.25, -0.2) is 0 Å². The van der Waals surface area contributed by atoms with Crippen LogP contribution in [0.4, 0.5) is 11.4 Å². The summed E-state index contributed by atoms with van der Waals surface area (Å²) in [6.07, 6.45) is 3.05. The molecule has 2 amide bonds. The Balaban J connectivity index is 1.78. The van der Waals surface area contributed by atoms with Crippen LogP contribution in [0.25, 0.3) is 5.57 Å². The van der Waals surface area contributed by atoms with E-state index in [0.29, 0.717) is 23.5 Å². The van der Waals surface area contributed by atoms with Crippen molar-refractivity contribution in [2.24, 2.45) is 0 Å². The maximum Gasteiger partial charge on any atom is 0.267 e. The van der Waals surface area contributed by atoms with Gasteiger partial charge in [0.1, 0.15) is 11.6 Å². The molecule has 0 aliphatic carbocycles. The number of hydrogen-bond acceptors (Lipinski definition) is 4. The zero-order chi connectivity index (χ0) is 21.1. The van der Waals surface area contributed by atoms with E-state index in [2.05, 4.69) is 26.2 Å². The quantitative estimate of drug-likeness (QED) is 0.466. The summed E-state index contributed by atoms with van der Waals surface area (Å²) >= 11 is 3.42. The highest BCUT2D eigenvalue weighted by molar-refractivity contribution is 9.10. The smallest absolute Gasteiger partial charge is 0.267 e. The van der Waals surface area contributed by atoms with Gasteiger partial charge in [0, 0.05) is 16.2 Å². The van der Waals surface area contributed by atoms with Crippen molar-refractivity contribution < 1.29 is 9.59 Å². The molecule has 2 aromatic carbocycles. The average molecular weight is 459 g/mol. The van der Waals surface area contributed by atoms with Crippen molar-refractivity contribution in [3.8, 4) is 6.07 Å². The number of halogens is 1.